The first kappa shape index (κ1) is 10.9. The molecule has 86 valence electrons. The summed E-state index contributed by atoms with van der Waals surface area (Å²) in [5, 5.41) is 18.0. The molecule has 2 rings (SSSR count). The Labute approximate surface area is 92.0 Å². The van der Waals surface area contributed by atoms with E-state index in [-0.39, 0.29) is 18.1 Å². The van der Waals surface area contributed by atoms with Crippen molar-refractivity contribution in [1.29, 1.82) is 0 Å². The number of carbonyl (C=O) groups is 2. The van der Waals surface area contributed by atoms with Crippen LogP contribution in [-0.4, -0.2) is 34.9 Å². The Kier molecular flexibility index (Phi) is 2.55. The molecular formula is C11H12O5. The minimum Gasteiger partial charge on any atom is -0.481 e. The van der Waals surface area contributed by atoms with Crippen LogP contribution in [0.1, 0.15) is 12.8 Å². The monoisotopic (exact) mass is 224 g/mol. The summed E-state index contributed by atoms with van der Waals surface area (Å²) in [6.07, 6.45) is 4.91. The molecule has 5 nitrogen and oxygen atoms in total. The highest BCUT2D eigenvalue weighted by molar-refractivity contribution is 5.91. The molecule has 0 saturated carbocycles. The summed E-state index contributed by atoms with van der Waals surface area (Å²) in [6, 6.07) is 0. The van der Waals surface area contributed by atoms with Gasteiger partial charge in [0.15, 0.2) is 0 Å². The predicted molar refractivity (Wildman–Crippen MR) is 53.9 cm³/mol. The number of ether oxygens (including phenoxy) is 1. The summed E-state index contributed by atoms with van der Waals surface area (Å²) in [4.78, 5) is 21.9. The zero-order chi connectivity index (χ0) is 11.8. The van der Waals surface area contributed by atoms with E-state index in [9.17, 15) is 14.7 Å². The van der Waals surface area contributed by atoms with Gasteiger partial charge in [-0.05, 0) is 12.8 Å². The summed E-state index contributed by atoms with van der Waals surface area (Å²) in [7, 11) is 0. The number of carboxylic acids is 2. The summed E-state index contributed by atoms with van der Waals surface area (Å²) < 4.78 is 5.03. The van der Waals surface area contributed by atoms with Crippen molar-refractivity contribution in [2.75, 3.05) is 6.61 Å². The fourth-order valence-corrected chi connectivity index (χ4v) is 1.83. The third-order valence-corrected chi connectivity index (χ3v) is 2.94. The van der Waals surface area contributed by atoms with Crippen molar-refractivity contribution in [3.63, 3.8) is 0 Å². The largest absolute Gasteiger partial charge is 0.481 e. The average Bonchev–Trinajstić information content (AvgIpc) is 3.02. The molecule has 0 amide bonds. The SMILES string of the molecule is O=C(O)C1=CCC(CC2CO2)(C(=O)O)C=C1. The second kappa shape index (κ2) is 3.75. The van der Waals surface area contributed by atoms with Gasteiger partial charge in [0.1, 0.15) is 0 Å². The number of aliphatic carboxylic acids is 2. The quantitative estimate of drug-likeness (QED) is 0.690. The summed E-state index contributed by atoms with van der Waals surface area (Å²) in [5.41, 5.74) is -0.853. The number of carboxylic acid groups (broad SMARTS) is 2. The molecule has 1 fully saturated rings. The first-order chi connectivity index (χ1) is 7.53. The van der Waals surface area contributed by atoms with Crippen LogP contribution < -0.4 is 0 Å². The highest BCUT2D eigenvalue weighted by Gasteiger charge is 2.42. The molecule has 1 heterocycles. The van der Waals surface area contributed by atoms with Crippen molar-refractivity contribution in [2.45, 2.75) is 18.9 Å². The van der Waals surface area contributed by atoms with Crippen LogP contribution in [0.15, 0.2) is 23.8 Å². The molecule has 0 spiro atoms. The topological polar surface area (TPSA) is 87.1 Å². The molecule has 1 aliphatic heterocycles. The lowest BCUT2D eigenvalue weighted by Crippen LogP contribution is -2.32. The van der Waals surface area contributed by atoms with E-state index in [1.54, 1.807) is 0 Å². The Balaban J connectivity index is 2.15. The van der Waals surface area contributed by atoms with Crippen LogP contribution in [0.4, 0.5) is 0 Å². The van der Waals surface area contributed by atoms with Crippen LogP contribution in [0.2, 0.25) is 0 Å². The first-order valence-corrected chi connectivity index (χ1v) is 5.01. The second-order valence-corrected chi connectivity index (χ2v) is 4.12. The molecule has 2 unspecified atom stereocenters. The zero-order valence-electron chi connectivity index (χ0n) is 8.55. The summed E-state index contributed by atoms with van der Waals surface area (Å²) in [5.74, 6) is -1.96. The van der Waals surface area contributed by atoms with Gasteiger partial charge in [-0.3, -0.25) is 4.79 Å². The number of hydrogen-bond donors (Lipinski definition) is 2. The van der Waals surface area contributed by atoms with Crippen molar-refractivity contribution in [3.05, 3.63) is 23.8 Å². The molecule has 0 aromatic carbocycles. The zero-order valence-corrected chi connectivity index (χ0v) is 8.55. The highest BCUT2D eigenvalue weighted by Crippen LogP contribution is 2.38. The lowest BCUT2D eigenvalue weighted by Gasteiger charge is -2.26. The normalized spacial score (nSPS) is 32.0. The fraction of sp³-hybridized carbons (Fsp3) is 0.455. The Morgan fingerprint density at radius 1 is 1.50 bits per heavy atom. The number of rotatable bonds is 4. The maximum atomic E-state index is 11.2. The van der Waals surface area contributed by atoms with E-state index < -0.39 is 17.4 Å². The van der Waals surface area contributed by atoms with Crippen LogP contribution in [0.5, 0.6) is 0 Å². The van der Waals surface area contributed by atoms with Gasteiger partial charge >= 0.3 is 11.9 Å². The minimum atomic E-state index is -1.03. The maximum absolute atomic E-state index is 11.2. The van der Waals surface area contributed by atoms with Crippen molar-refractivity contribution < 1.29 is 24.5 Å². The van der Waals surface area contributed by atoms with Gasteiger partial charge in [-0.1, -0.05) is 18.2 Å². The standard InChI is InChI=1S/C11H12O5/c12-9(13)7-1-3-11(4-2-7,10(14)15)5-8-6-16-8/h1-3,8H,4-6H2,(H,12,13)(H,14,15). The molecule has 5 heteroatoms. The van der Waals surface area contributed by atoms with E-state index in [2.05, 4.69) is 0 Å². The van der Waals surface area contributed by atoms with Gasteiger partial charge in [-0.2, -0.15) is 0 Å². The van der Waals surface area contributed by atoms with E-state index in [4.69, 9.17) is 9.84 Å². The fourth-order valence-electron chi connectivity index (χ4n) is 1.83. The van der Waals surface area contributed by atoms with Crippen molar-refractivity contribution >= 4 is 11.9 Å². The Morgan fingerprint density at radius 2 is 2.19 bits per heavy atom. The molecule has 16 heavy (non-hydrogen) atoms. The van der Waals surface area contributed by atoms with Crippen LogP contribution in [0.25, 0.3) is 0 Å². The first-order valence-electron chi connectivity index (χ1n) is 5.01. The van der Waals surface area contributed by atoms with Crippen LogP contribution in [0.3, 0.4) is 0 Å². The molecule has 1 aliphatic carbocycles. The molecule has 1 saturated heterocycles. The van der Waals surface area contributed by atoms with E-state index >= 15 is 0 Å². The van der Waals surface area contributed by atoms with E-state index in [1.807, 2.05) is 0 Å². The molecule has 0 aromatic heterocycles. The van der Waals surface area contributed by atoms with E-state index in [0.29, 0.717) is 13.0 Å². The van der Waals surface area contributed by atoms with E-state index in [1.165, 1.54) is 18.2 Å². The Bertz CT molecular complexity index is 391. The van der Waals surface area contributed by atoms with Gasteiger partial charge in [0.25, 0.3) is 0 Å². The average molecular weight is 224 g/mol. The van der Waals surface area contributed by atoms with Gasteiger partial charge in [-0.25, -0.2) is 4.79 Å². The number of epoxide rings is 1. The van der Waals surface area contributed by atoms with Crippen LogP contribution in [-0.2, 0) is 14.3 Å². The second-order valence-electron chi connectivity index (χ2n) is 4.12. The van der Waals surface area contributed by atoms with Crippen molar-refractivity contribution in [3.8, 4) is 0 Å². The third-order valence-electron chi connectivity index (χ3n) is 2.94. The van der Waals surface area contributed by atoms with Crippen LogP contribution in [0, 0.1) is 5.41 Å². The number of hydrogen-bond acceptors (Lipinski definition) is 3. The maximum Gasteiger partial charge on any atom is 0.335 e. The van der Waals surface area contributed by atoms with Gasteiger partial charge in [0.05, 0.1) is 23.7 Å². The molecule has 2 aliphatic rings. The molecular weight excluding hydrogens is 212 g/mol. The van der Waals surface area contributed by atoms with Gasteiger partial charge in [-0.15, -0.1) is 0 Å². The summed E-state index contributed by atoms with van der Waals surface area (Å²) >= 11 is 0. The molecule has 0 aromatic rings. The smallest absolute Gasteiger partial charge is 0.335 e. The number of allylic oxidation sites excluding steroid dienone is 1. The third kappa shape index (κ3) is 1.99. The Morgan fingerprint density at radius 3 is 2.56 bits per heavy atom. The van der Waals surface area contributed by atoms with Gasteiger partial charge in [0.2, 0.25) is 0 Å². The van der Waals surface area contributed by atoms with Crippen LogP contribution >= 0.6 is 0 Å². The van der Waals surface area contributed by atoms with Crippen molar-refractivity contribution in [2.24, 2.45) is 5.41 Å². The molecule has 0 radical (unpaired) electrons. The van der Waals surface area contributed by atoms with Crippen molar-refractivity contribution in [1.82, 2.24) is 0 Å². The summed E-state index contributed by atoms with van der Waals surface area (Å²) in [6.45, 7) is 0.596. The van der Waals surface area contributed by atoms with Gasteiger partial charge < -0.3 is 14.9 Å². The Hall–Kier alpha value is -1.62. The minimum absolute atomic E-state index is 0.000489. The van der Waals surface area contributed by atoms with E-state index in [0.717, 1.165) is 0 Å². The lowest BCUT2D eigenvalue weighted by molar-refractivity contribution is -0.146. The molecule has 2 atom stereocenters. The molecule has 2 N–H and O–H groups in total. The molecule has 0 bridgehead atoms. The predicted octanol–water partition coefficient (Wildman–Crippen LogP) is 0.817. The van der Waals surface area contributed by atoms with Gasteiger partial charge in [0, 0.05) is 0 Å². The highest BCUT2D eigenvalue weighted by atomic mass is 16.6. The lowest BCUT2D eigenvalue weighted by atomic mass is 9.76.